The number of ether oxygens (including phenoxy) is 1. The van der Waals surface area contributed by atoms with Gasteiger partial charge in [0.25, 0.3) is 0 Å². The van der Waals surface area contributed by atoms with Crippen molar-refractivity contribution < 1.29 is 14.6 Å². The highest BCUT2D eigenvalue weighted by molar-refractivity contribution is 5.78. The first-order valence-electron chi connectivity index (χ1n) is 7.95. The number of fused-ring (bicyclic) bond motifs is 1. The van der Waals surface area contributed by atoms with Crippen LogP contribution in [0.3, 0.4) is 0 Å². The third-order valence-electron chi connectivity index (χ3n) is 4.54. The van der Waals surface area contributed by atoms with E-state index in [9.17, 15) is 9.90 Å². The molecule has 1 aliphatic heterocycles. The van der Waals surface area contributed by atoms with Gasteiger partial charge in [-0.05, 0) is 36.1 Å². The third-order valence-corrected chi connectivity index (χ3v) is 4.54. The summed E-state index contributed by atoms with van der Waals surface area (Å²) >= 11 is 0. The summed E-state index contributed by atoms with van der Waals surface area (Å²) in [5.74, 6) is 1.15. The topological polar surface area (TPSA) is 58.6 Å². The van der Waals surface area contributed by atoms with Crippen molar-refractivity contribution >= 4 is 5.91 Å². The average molecular weight is 289 g/mol. The Labute approximate surface area is 125 Å². The van der Waals surface area contributed by atoms with Crippen LogP contribution in [0.2, 0.25) is 0 Å². The highest BCUT2D eigenvalue weighted by Gasteiger charge is 2.22. The van der Waals surface area contributed by atoms with Crippen LogP contribution in [0, 0.1) is 5.92 Å². The third kappa shape index (κ3) is 3.38. The molecular weight excluding hydrogens is 266 g/mol. The van der Waals surface area contributed by atoms with Crippen molar-refractivity contribution in [2.24, 2.45) is 5.92 Å². The summed E-state index contributed by atoms with van der Waals surface area (Å²) in [5.41, 5.74) is 1.99. The van der Waals surface area contributed by atoms with Crippen LogP contribution in [0.5, 0.6) is 5.75 Å². The van der Waals surface area contributed by atoms with Crippen LogP contribution in [-0.4, -0.2) is 24.2 Å². The average Bonchev–Trinajstić information content (AvgIpc) is 3.00. The Morgan fingerprint density at radius 1 is 1.33 bits per heavy atom. The summed E-state index contributed by atoms with van der Waals surface area (Å²) < 4.78 is 5.46. The van der Waals surface area contributed by atoms with Gasteiger partial charge in [0.05, 0.1) is 12.7 Å². The molecule has 1 aromatic carbocycles. The van der Waals surface area contributed by atoms with Crippen LogP contribution in [0.25, 0.3) is 0 Å². The van der Waals surface area contributed by atoms with Crippen LogP contribution in [-0.2, 0) is 11.2 Å². The number of aliphatic hydroxyl groups is 1. The van der Waals surface area contributed by atoms with Crippen molar-refractivity contribution in [3.63, 3.8) is 0 Å². The molecule has 4 heteroatoms. The Balaban J connectivity index is 1.54. The number of hydrogen-bond acceptors (Lipinski definition) is 3. The summed E-state index contributed by atoms with van der Waals surface area (Å²) in [6, 6.07) is 5.77. The lowest BCUT2D eigenvalue weighted by Gasteiger charge is -2.21. The standard InChI is InChI=1S/C17H23NO3/c19-15(11-18-17(20)12-4-2-1-3-5-12)13-6-7-16-14(10-13)8-9-21-16/h6-7,10,12,15,19H,1-5,8-9,11H2,(H,18,20). The maximum atomic E-state index is 12.1. The molecule has 1 saturated carbocycles. The van der Waals surface area contributed by atoms with E-state index in [1.165, 1.54) is 6.42 Å². The zero-order valence-corrected chi connectivity index (χ0v) is 12.3. The van der Waals surface area contributed by atoms with Gasteiger partial charge in [-0.25, -0.2) is 0 Å². The van der Waals surface area contributed by atoms with E-state index in [0.29, 0.717) is 6.61 Å². The normalized spacial score (nSPS) is 19.7. The van der Waals surface area contributed by atoms with Gasteiger partial charge in [-0.1, -0.05) is 25.3 Å². The van der Waals surface area contributed by atoms with Gasteiger partial charge < -0.3 is 15.2 Å². The molecular formula is C17H23NO3. The van der Waals surface area contributed by atoms with Crippen molar-refractivity contribution in [1.29, 1.82) is 0 Å². The van der Waals surface area contributed by atoms with Gasteiger partial charge in [0.1, 0.15) is 5.75 Å². The largest absolute Gasteiger partial charge is 0.493 e. The van der Waals surface area contributed by atoms with E-state index in [0.717, 1.165) is 49.0 Å². The van der Waals surface area contributed by atoms with Gasteiger partial charge in [-0.3, -0.25) is 4.79 Å². The molecule has 1 heterocycles. The quantitative estimate of drug-likeness (QED) is 0.894. The SMILES string of the molecule is O=C(NCC(O)c1ccc2c(c1)CCO2)C1CCCCC1. The van der Waals surface area contributed by atoms with E-state index in [2.05, 4.69) is 5.32 Å². The minimum absolute atomic E-state index is 0.0956. The second-order valence-corrected chi connectivity index (χ2v) is 6.06. The molecule has 1 amide bonds. The molecule has 0 spiro atoms. The van der Waals surface area contributed by atoms with Crippen LogP contribution in [0.4, 0.5) is 0 Å². The summed E-state index contributed by atoms with van der Waals surface area (Å²) in [5, 5.41) is 13.1. The van der Waals surface area contributed by atoms with E-state index in [-0.39, 0.29) is 18.4 Å². The number of aliphatic hydroxyl groups excluding tert-OH is 1. The zero-order valence-electron chi connectivity index (χ0n) is 12.3. The van der Waals surface area contributed by atoms with E-state index in [1.807, 2.05) is 18.2 Å². The van der Waals surface area contributed by atoms with Crippen molar-refractivity contribution in [1.82, 2.24) is 5.32 Å². The van der Waals surface area contributed by atoms with E-state index in [4.69, 9.17) is 4.74 Å². The second-order valence-electron chi connectivity index (χ2n) is 6.06. The van der Waals surface area contributed by atoms with Crippen LogP contribution in [0.15, 0.2) is 18.2 Å². The number of amides is 1. The zero-order chi connectivity index (χ0) is 14.7. The van der Waals surface area contributed by atoms with E-state index >= 15 is 0 Å². The molecule has 1 atom stereocenters. The molecule has 3 rings (SSSR count). The number of carbonyl (C=O) groups excluding carboxylic acids is 1. The fraction of sp³-hybridized carbons (Fsp3) is 0.588. The number of carbonyl (C=O) groups is 1. The van der Waals surface area contributed by atoms with Gasteiger partial charge >= 0.3 is 0 Å². The number of hydrogen-bond donors (Lipinski definition) is 2. The van der Waals surface area contributed by atoms with E-state index < -0.39 is 6.10 Å². The molecule has 114 valence electrons. The van der Waals surface area contributed by atoms with Gasteiger partial charge in [0.2, 0.25) is 5.91 Å². The highest BCUT2D eigenvalue weighted by Crippen LogP contribution is 2.28. The lowest BCUT2D eigenvalue weighted by atomic mass is 9.88. The summed E-state index contributed by atoms with van der Waals surface area (Å²) in [4.78, 5) is 12.1. The van der Waals surface area contributed by atoms with Crippen molar-refractivity contribution in [2.45, 2.75) is 44.6 Å². The Morgan fingerprint density at radius 2 is 2.14 bits per heavy atom. The highest BCUT2D eigenvalue weighted by atomic mass is 16.5. The fourth-order valence-electron chi connectivity index (χ4n) is 3.24. The molecule has 1 aromatic rings. The Morgan fingerprint density at radius 3 is 2.95 bits per heavy atom. The molecule has 1 unspecified atom stereocenters. The lowest BCUT2D eigenvalue weighted by molar-refractivity contribution is -0.126. The lowest BCUT2D eigenvalue weighted by Crippen LogP contribution is -2.34. The van der Waals surface area contributed by atoms with Gasteiger partial charge in [-0.15, -0.1) is 0 Å². The monoisotopic (exact) mass is 289 g/mol. The molecule has 1 aliphatic carbocycles. The van der Waals surface area contributed by atoms with Gasteiger partial charge in [-0.2, -0.15) is 0 Å². The fourth-order valence-corrected chi connectivity index (χ4v) is 3.24. The molecule has 2 N–H and O–H groups in total. The Kier molecular flexibility index (Phi) is 4.44. The number of nitrogens with one attached hydrogen (secondary N) is 1. The molecule has 21 heavy (non-hydrogen) atoms. The number of benzene rings is 1. The number of rotatable bonds is 4. The minimum Gasteiger partial charge on any atom is -0.493 e. The van der Waals surface area contributed by atoms with Crippen molar-refractivity contribution in [3.05, 3.63) is 29.3 Å². The molecule has 0 bridgehead atoms. The predicted molar refractivity (Wildman–Crippen MR) is 80.2 cm³/mol. The smallest absolute Gasteiger partial charge is 0.223 e. The van der Waals surface area contributed by atoms with Crippen LogP contribution >= 0.6 is 0 Å². The predicted octanol–water partition coefficient (Wildman–Crippen LogP) is 2.35. The maximum Gasteiger partial charge on any atom is 0.223 e. The first kappa shape index (κ1) is 14.4. The van der Waals surface area contributed by atoms with Crippen LogP contribution in [0.1, 0.15) is 49.3 Å². The molecule has 0 aromatic heterocycles. The Bertz CT molecular complexity index is 509. The molecule has 4 nitrogen and oxygen atoms in total. The van der Waals surface area contributed by atoms with Crippen molar-refractivity contribution in [2.75, 3.05) is 13.2 Å². The van der Waals surface area contributed by atoms with Gasteiger partial charge in [0.15, 0.2) is 0 Å². The van der Waals surface area contributed by atoms with Gasteiger partial charge in [0, 0.05) is 18.9 Å². The Hall–Kier alpha value is -1.55. The summed E-state index contributed by atoms with van der Waals surface area (Å²) in [6.07, 6.45) is 5.74. The van der Waals surface area contributed by atoms with Crippen LogP contribution < -0.4 is 10.1 Å². The van der Waals surface area contributed by atoms with Crippen molar-refractivity contribution in [3.8, 4) is 5.75 Å². The van der Waals surface area contributed by atoms with E-state index in [1.54, 1.807) is 0 Å². The first-order valence-corrected chi connectivity index (χ1v) is 7.95. The first-order chi connectivity index (χ1) is 10.2. The summed E-state index contributed by atoms with van der Waals surface area (Å²) in [6.45, 7) is 1.00. The molecule has 0 radical (unpaired) electrons. The maximum absolute atomic E-state index is 12.1. The second kappa shape index (κ2) is 6.48. The molecule has 1 fully saturated rings. The minimum atomic E-state index is -0.650. The molecule has 0 saturated heterocycles. The summed E-state index contributed by atoms with van der Waals surface area (Å²) in [7, 11) is 0. The molecule has 2 aliphatic rings.